The Morgan fingerprint density at radius 1 is 1.30 bits per heavy atom. The maximum atomic E-state index is 13.4. The van der Waals surface area contributed by atoms with E-state index in [-0.39, 0.29) is 5.69 Å². The molecule has 1 aromatic rings. The van der Waals surface area contributed by atoms with Gasteiger partial charge in [-0.15, -0.1) is 0 Å². The maximum absolute atomic E-state index is 13.4. The number of amides is 2. The average molecular weight is 286 g/mol. The van der Waals surface area contributed by atoms with Crippen LogP contribution in [0, 0.1) is 11.6 Å². The van der Waals surface area contributed by atoms with Crippen LogP contribution in [0.15, 0.2) is 18.2 Å². The first-order valence-electron chi connectivity index (χ1n) is 5.86. The fraction of sp³-hybridized carbons (Fsp3) is 0.385. The molecule has 20 heavy (non-hydrogen) atoms. The molecule has 0 spiro atoms. The highest BCUT2D eigenvalue weighted by atomic mass is 19.1. The van der Waals surface area contributed by atoms with Gasteiger partial charge in [-0.1, -0.05) is 0 Å². The zero-order valence-corrected chi connectivity index (χ0v) is 11.4. The lowest BCUT2D eigenvalue weighted by molar-refractivity contribution is -0.138. The van der Waals surface area contributed by atoms with Crippen LogP contribution in [0.4, 0.5) is 19.3 Å². The lowest BCUT2D eigenvalue weighted by Crippen LogP contribution is -2.50. The Hall–Kier alpha value is -2.18. The van der Waals surface area contributed by atoms with Crippen molar-refractivity contribution in [3.8, 4) is 0 Å². The van der Waals surface area contributed by atoms with Gasteiger partial charge < -0.3 is 15.3 Å². The van der Waals surface area contributed by atoms with E-state index in [0.29, 0.717) is 0 Å². The summed E-state index contributed by atoms with van der Waals surface area (Å²) in [5.74, 6) is -2.71. The first-order chi connectivity index (χ1) is 9.11. The van der Waals surface area contributed by atoms with Crippen LogP contribution < -0.4 is 5.32 Å². The quantitative estimate of drug-likeness (QED) is 0.897. The number of carbonyl (C=O) groups is 2. The van der Waals surface area contributed by atoms with E-state index in [1.54, 1.807) is 20.8 Å². The molecule has 0 atom stereocenters. The van der Waals surface area contributed by atoms with E-state index in [2.05, 4.69) is 5.32 Å². The molecule has 110 valence electrons. The maximum Gasteiger partial charge on any atom is 0.323 e. The monoisotopic (exact) mass is 286 g/mol. The zero-order valence-electron chi connectivity index (χ0n) is 11.4. The van der Waals surface area contributed by atoms with Gasteiger partial charge in [-0.05, 0) is 32.9 Å². The number of aliphatic carboxylic acids is 1. The predicted molar refractivity (Wildman–Crippen MR) is 69.5 cm³/mol. The molecule has 0 radical (unpaired) electrons. The molecule has 0 unspecified atom stereocenters. The number of anilines is 1. The largest absolute Gasteiger partial charge is 0.480 e. The Labute approximate surface area is 115 Å². The van der Waals surface area contributed by atoms with Gasteiger partial charge in [-0.25, -0.2) is 13.6 Å². The van der Waals surface area contributed by atoms with Crippen LogP contribution in [0.5, 0.6) is 0 Å². The minimum Gasteiger partial charge on any atom is -0.480 e. The number of nitrogens with one attached hydrogen (secondary N) is 1. The summed E-state index contributed by atoms with van der Waals surface area (Å²) in [7, 11) is 0. The molecule has 7 heteroatoms. The Morgan fingerprint density at radius 3 is 2.40 bits per heavy atom. The number of hydrogen-bond acceptors (Lipinski definition) is 2. The molecule has 0 aromatic heterocycles. The smallest absolute Gasteiger partial charge is 0.323 e. The van der Waals surface area contributed by atoms with Gasteiger partial charge in [0.15, 0.2) is 0 Å². The van der Waals surface area contributed by atoms with Gasteiger partial charge in [0.25, 0.3) is 0 Å². The highest BCUT2D eigenvalue weighted by molar-refractivity contribution is 5.92. The first-order valence-corrected chi connectivity index (χ1v) is 5.86. The SMILES string of the molecule is CC(C)(C)N(CC(=O)O)C(=O)Nc1cc(F)ccc1F. The molecule has 0 aliphatic rings. The van der Waals surface area contributed by atoms with E-state index in [0.717, 1.165) is 23.1 Å². The Bertz CT molecular complexity index is 527. The van der Waals surface area contributed by atoms with Gasteiger partial charge in [0.2, 0.25) is 0 Å². The number of nitrogens with zero attached hydrogens (tertiary/aromatic N) is 1. The third-order valence-electron chi connectivity index (χ3n) is 2.52. The number of benzene rings is 1. The third kappa shape index (κ3) is 4.18. The number of halogens is 2. The fourth-order valence-corrected chi connectivity index (χ4v) is 1.52. The predicted octanol–water partition coefficient (Wildman–Crippen LogP) is 2.68. The minimum atomic E-state index is -1.20. The normalized spacial score (nSPS) is 11.1. The summed E-state index contributed by atoms with van der Waals surface area (Å²) in [5.41, 5.74) is -1.12. The van der Waals surface area contributed by atoms with Gasteiger partial charge >= 0.3 is 12.0 Å². The molecule has 1 rings (SSSR count). The van der Waals surface area contributed by atoms with Crippen molar-refractivity contribution in [3.63, 3.8) is 0 Å². The molecule has 0 bridgehead atoms. The summed E-state index contributed by atoms with van der Waals surface area (Å²) >= 11 is 0. The van der Waals surface area contributed by atoms with Crippen LogP contribution in [-0.4, -0.2) is 34.1 Å². The van der Waals surface area contributed by atoms with Crippen LogP contribution in [0.1, 0.15) is 20.8 Å². The molecule has 0 heterocycles. The lowest BCUT2D eigenvalue weighted by Gasteiger charge is -2.34. The summed E-state index contributed by atoms with van der Waals surface area (Å²) in [4.78, 5) is 23.8. The molecule has 1 aromatic carbocycles. The van der Waals surface area contributed by atoms with Crippen LogP contribution >= 0.6 is 0 Å². The molecule has 2 N–H and O–H groups in total. The number of carboxylic acids is 1. The summed E-state index contributed by atoms with van der Waals surface area (Å²) in [6.07, 6.45) is 0. The van der Waals surface area contributed by atoms with Crippen molar-refractivity contribution >= 4 is 17.7 Å². The second-order valence-corrected chi connectivity index (χ2v) is 5.21. The summed E-state index contributed by atoms with van der Waals surface area (Å²) in [5, 5.41) is 11.0. The van der Waals surface area contributed by atoms with Crippen molar-refractivity contribution in [2.75, 3.05) is 11.9 Å². The summed E-state index contributed by atoms with van der Waals surface area (Å²) < 4.78 is 26.5. The molecule has 0 aliphatic carbocycles. The van der Waals surface area contributed by atoms with Gasteiger partial charge in [-0.3, -0.25) is 4.79 Å². The molecule has 5 nitrogen and oxygen atoms in total. The van der Waals surface area contributed by atoms with Crippen LogP contribution in [-0.2, 0) is 4.79 Å². The number of carboxylic acid groups (broad SMARTS) is 1. The second-order valence-electron chi connectivity index (χ2n) is 5.21. The standard InChI is InChI=1S/C13H16F2N2O3/c1-13(2,3)17(7-11(18)19)12(20)16-10-6-8(14)4-5-9(10)15/h4-6H,7H2,1-3H3,(H,16,20)(H,18,19). The highest BCUT2D eigenvalue weighted by Crippen LogP contribution is 2.19. The van der Waals surface area contributed by atoms with E-state index in [9.17, 15) is 18.4 Å². The van der Waals surface area contributed by atoms with Gasteiger partial charge in [0, 0.05) is 11.6 Å². The molecule has 0 aliphatic heterocycles. The Kier molecular flexibility index (Phi) is 4.65. The van der Waals surface area contributed by atoms with E-state index in [1.165, 1.54) is 0 Å². The lowest BCUT2D eigenvalue weighted by atomic mass is 10.1. The van der Waals surface area contributed by atoms with Crippen LogP contribution in [0.25, 0.3) is 0 Å². The van der Waals surface area contributed by atoms with Crippen molar-refractivity contribution in [1.82, 2.24) is 4.90 Å². The van der Waals surface area contributed by atoms with E-state index >= 15 is 0 Å². The molecule has 0 fully saturated rings. The number of hydrogen-bond donors (Lipinski definition) is 2. The molecule has 2 amide bonds. The third-order valence-corrected chi connectivity index (χ3v) is 2.52. The zero-order chi connectivity index (χ0) is 15.5. The molecular formula is C13H16F2N2O3. The fourth-order valence-electron chi connectivity index (χ4n) is 1.52. The average Bonchev–Trinajstić information content (AvgIpc) is 2.29. The van der Waals surface area contributed by atoms with Crippen molar-refractivity contribution in [2.24, 2.45) is 0 Å². The van der Waals surface area contributed by atoms with Crippen molar-refractivity contribution < 1.29 is 23.5 Å². The Morgan fingerprint density at radius 2 is 1.90 bits per heavy atom. The first kappa shape index (κ1) is 15.9. The molecular weight excluding hydrogens is 270 g/mol. The topological polar surface area (TPSA) is 69.6 Å². The minimum absolute atomic E-state index is 0.338. The van der Waals surface area contributed by atoms with Crippen LogP contribution in [0.2, 0.25) is 0 Å². The summed E-state index contributed by atoms with van der Waals surface area (Å²) in [6.45, 7) is 4.36. The van der Waals surface area contributed by atoms with E-state index in [1.807, 2.05) is 0 Å². The van der Waals surface area contributed by atoms with Crippen molar-refractivity contribution in [3.05, 3.63) is 29.8 Å². The number of urea groups is 1. The van der Waals surface area contributed by atoms with Gasteiger partial charge in [-0.2, -0.15) is 0 Å². The molecule has 0 saturated carbocycles. The van der Waals surface area contributed by atoms with E-state index in [4.69, 9.17) is 5.11 Å². The highest BCUT2D eigenvalue weighted by Gasteiger charge is 2.29. The molecule has 0 saturated heterocycles. The van der Waals surface area contributed by atoms with Gasteiger partial charge in [0.1, 0.15) is 18.2 Å². The van der Waals surface area contributed by atoms with Crippen LogP contribution in [0.3, 0.4) is 0 Å². The van der Waals surface area contributed by atoms with E-state index < -0.39 is 35.7 Å². The van der Waals surface area contributed by atoms with Crippen molar-refractivity contribution in [2.45, 2.75) is 26.3 Å². The van der Waals surface area contributed by atoms with Crippen molar-refractivity contribution in [1.29, 1.82) is 0 Å². The number of carbonyl (C=O) groups excluding carboxylic acids is 1. The Balaban J connectivity index is 2.96. The second kappa shape index (κ2) is 5.85. The van der Waals surface area contributed by atoms with Gasteiger partial charge in [0.05, 0.1) is 5.69 Å². The summed E-state index contributed by atoms with van der Waals surface area (Å²) in [6, 6.07) is 1.81. The number of rotatable bonds is 3.